The fraction of sp³-hybridized carbons (Fsp3) is 0.214. The molecule has 9 heteroatoms. The van der Waals surface area contributed by atoms with Gasteiger partial charge in [-0.25, -0.2) is 4.98 Å². The number of aromatic amines is 1. The van der Waals surface area contributed by atoms with E-state index in [9.17, 15) is 14.4 Å². The molecule has 1 N–H and O–H groups in total. The van der Waals surface area contributed by atoms with Crippen LogP contribution < -0.4 is 9.47 Å². The zero-order valence-corrected chi connectivity index (χ0v) is 13.4. The van der Waals surface area contributed by atoms with Gasteiger partial charge in [0.1, 0.15) is 11.5 Å². The minimum Gasteiger partial charge on any atom is -0.427 e. The van der Waals surface area contributed by atoms with Crippen LogP contribution in [-0.2, 0) is 14.4 Å². The van der Waals surface area contributed by atoms with Crippen molar-refractivity contribution in [3.05, 3.63) is 18.2 Å². The molecule has 23 heavy (non-hydrogen) atoms. The van der Waals surface area contributed by atoms with Gasteiger partial charge in [0, 0.05) is 26.8 Å². The van der Waals surface area contributed by atoms with E-state index in [1.54, 1.807) is 6.07 Å². The lowest BCUT2D eigenvalue weighted by molar-refractivity contribution is -0.132. The Morgan fingerprint density at radius 1 is 1.09 bits per heavy atom. The van der Waals surface area contributed by atoms with Gasteiger partial charge < -0.3 is 9.47 Å². The van der Waals surface area contributed by atoms with Gasteiger partial charge in [0.15, 0.2) is 10.9 Å². The van der Waals surface area contributed by atoms with Crippen LogP contribution in [0.4, 0.5) is 0 Å². The van der Waals surface area contributed by atoms with E-state index in [0.717, 1.165) is 11.8 Å². The molecule has 0 atom stereocenters. The van der Waals surface area contributed by atoms with Crippen LogP contribution >= 0.6 is 11.8 Å². The minimum absolute atomic E-state index is 0.152. The number of thioether (sulfide) groups is 1. The highest BCUT2D eigenvalue weighted by atomic mass is 32.2. The molecule has 1 aromatic heterocycles. The number of aromatic nitrogens is 3. The number of carbonyl (C=O) groups excluding carboxylic acids is 3. The Morgan fingerprint density at radius 3 is 2.39 bits per heavy atom. The summed E-state index contributed by atoms with van der Waals surface area (Å²) in [6, 6.07) is 4.50. The van der Waals surface area contributed by atoms with Gasteiger partial charge in [-0.05, 0) is 23.9 Å². The van der Waals surface area contributed by atoms with E-state index in [1.165, 1.54) is 32.9 Å². The first-order chi connectivity index (χ1) is 10.8. The summed E-state index contributed by atoms with van der Waals surface area (Å²) >= 11 is 0.876. The van der Waals surface area contributed by atoms with E-state index < -0.39 is 11.9 Å². The Morgan fingerprint density at radius 2 is 1.78 bits per heavy atom. The highest BCUT2D eigenvalue weighted by Crippen LogP contribution is 2.32. The fourth-order valence-electron chi connectivity index (χ4n) is 1.71. The molecule has 0 spiro atoms. The molecule has 8 nitrogen and oxygen atoms in total. The summed E-state index contributed by atoms with van der Waals surface area (Å²) in [6.45, 7) is 3.92. The monoisotopic (exact) mass is 335 g/mol. The summed E-state index contributed by atoms with van der Waals surface area (Å²) < 4.78 is 10.1. The zero-order chi connectivity index (χ0) is 17.0. The largest absolute Gasteiger partial charge is 0.427 e. The van der Waals surface area contributed by atoms with E-state index in [4.69, 9.17) is 9.47 Å². The first-order valence-electron chi connectivity index (χ1n) is 6.47. The molecule has 1 aromatic carbocycles. The topological polar surface area (TPSA) is 111 Å². The quantitative estimate of drug-likeness (QED) is 0.513. The summed E-state index contributed by atoms with van der Waals surface area (Å²) in [5.74, 6) is -0.322. The maximum absolute atomic E-state index is 11.3. The van der Waals surface area contributed by atoms with Crippen LogP contribution in [0.3, 0.4) is 0 Å². The van der Waals surface area contributed by atoms with E-state index in [-0.39, 0.29) is 21.8 Å². The van der Waals surface area contributed by atoms with Crippen molar-refractivity contribution < 1.29 is 23.9 Å². The highest BCUT2D eigenvalue weighted by molar-refractivity contribution is 8.13. The molecule has 0 radical (unpaired) electrons. The second-order valence-corrected chi connectivity index (χ2v) is 5.55. The summed E-state index contributed by atoms with van der Waals surface area (Å²) in [6.07, 6.45) is 0. The average Bonchev–Trinajstić information content (AvgIpc) is 2.85. The molecular weight excluding hydrogens is 322 g/mol. The van der Waals surface area contributed by atoms with Crippen molar-refractivity contribution in [3.8, 4) is 22.9 Å². The lowest BCUT2D eigenvalue weighted by Crippen LogP contribution is -2.05. The number of carbonyl (C=O) groups is 3. The second-order valence-electron chi connectivity index (χ2n) is 4.41. The molecule has 0 aliphatic carbocycles. The van der Waals surface area contributed by atoms with Gasteiger partial charge in [0.25, 0.3) is 0 Å². The third-order valence-corrected chi connectivity index (χ3v) is 3.08. The first kappa shape index (κ1) is 16.7. The molecule has 120 valence electrons. The molecule has 0 aliphatic heterocycles. The standard InChI is InChI=1S/C14H13N3O5S/c1-7(18)21-10-4-5-11(12(6-10)22-8(2)19)13-15-14(17-16-13)23-9(3)20/h4-6H,1-3H3,(H,15,16,17). The second kappa shape index (κ2) is 7.05. The van der Waals surface area contributed by atoms with E-state index in [2.05, 4.69) is 15.2 Å². The van der Waals surface area contributed by atoms with Crippen LogP contribution in [0.5, 0.6) is 11.5 Å². The third-order valence-electron chi connectivity index (χ3n) is 2.42. The predicted octanol–water partition coefficient (Wildman–Crippen LogP) is 1.96. The van der Waals surface area contributed by atoms with Crippen LogP contribution in [0.2, 0.25) is 0 Å². The number of hydrogen-bond acceptors (Lipinski definition) is 8. The van der Waals surface area contributed by atoms with Crippen molar-refractivity contribution >= 4 is 28.8 Å². The number of esters is 2. The number of nitrogens with zero attached hydrogens (tertiary/aromatic N) is 2. The molecule has 0 aliphatic rings. The van der Waals surface area contributed by atoms with Gasteiger partial charge in [-0.3, -0.25) is 19.5 Å². The SMILES string of the molecule is CC(=O)Oc1ccc(-c2nc(SC(C)=O)n[nH]2)c(OC(C)=O)c1. The van der Waals surface area contributed by atoms with Crippen molar-refractivity contribution in [1.29, 1.82) is 0 Å². The summed E-state index contributed by atoms with van der Waals surface area (Å²) in [4.78, 5) is 37.5. The number of H-pyrrole nitrogens is 1. The number of rotatable bonds is 4. The van der Waals surface area contributed by atoms with Crippen molar-refractivity contribution in [2.24, 2.45) is 0 Å². The molecule has 2 rings (SSSR count). The Hall–Kier alpha value is -2.68. The smallest absolute Gasteiger partial charge is 0.308 e. The van der Waals surface area contributed by atoms with Crippen LogP contribution in [-0.4, -0.2) is 32.2 Å². The number of ether oxygens (including phenoxy) is 2. The third kappa shape index (κ3) is 4.65. The van der Waals surface area contributed by atoms with E-state index >= 15 is 0 Å². The lowest BCUT2D eigenvalue weighted by Gasteiger charge is -2.09. The van der Waals surface area contributed by atoms with E-state index in [0.29, 0.717) is 11.4 Å². The maximum Gasteiger partial charge on any atom is 0.308 e. The van der Waals surface area contributed by atoms with Crippen molar-refractivity contribution in [1.82, 2.24) is 15.2 Å². The number of hydrogen-bond donors (Lipinski definition) is 1. The number of nitrogens with one attached hydrogen (secondary N) is 1. The molecule has 2 aromatic rings. The van der Waals surface area contributed by atoms with Gasteiger partial charge in [-0.1, -0.05) is 0 Å². The van der Waals surface area contributed by atoms with Gasteiger partial charge in [0.05, 0.1) is 5.56 Å². The molecule has 0 fully saturated rings. The van der Waals surface area contributed by atoms with E-state index in [1.807, 2.05) is 0 Å². The molecular formula is C14H13N3O5S. The molecule has 0 bridgehead atoms. The summed E-state index contributed by atoms with van der Waals surface area (Å²) in [5.41, 5.74) is 0.444. The van der Waals surface area contributed by atoms with Gasteiger partial charge in [0.2, 0.25) is 5.16 Å². The Balaban J connectivity index is 2.39. The molecule has 1 heterocycles. The first-order valence-corrected chi connectivity index (χ1v) is 7.29. The lowest BCUT2D eigenvalue weighted by atomic mass is 10.2. The molecule has 0 saturated carbocycles. The summed E-state index contributed by atoms with van der Waals surface area (Å²) in [5, 5.41) is 6.68. The predicted molar refractivity (Wildman–Crippen MR) is 81.0 cm³/mol. The molecule has 0 unspecified atom stereocenters. The van der Waals surface area contributed by atoms with Gasteiger partial charge >= 0.3 is 11.9 Å². The Bertz CT molecular complexity index is 772. The Kier molecular flexibility index (Phi) is 5.12. The van der Waals surface area contributed by atoms with Crippen LogP contribution in [0, 0.1) is 0 Å². The molecule has 0 saturated heterocycles. The Labute approximate surface area is 135 Å². The van der Waals surface area contributed by atoms with Gasteiger partial charge in [-0.2, -0.15) is 0 Å². The minimum atomic E-state index is -0.538. The van der Waals surface area contributed by atoms with Crippen molar-refractivity contribution in [2.75, 3.05) is 0 Å². The normalized spacial score (nSPS) is 10.2. The number of benzene rings is 1. The van der Waals surface area contributed by atoms with Crippen LogP contribution in [0.1, 0.15) is 20.8 Å². The van der Waals surface area contributed by atoms with Crippen molar-refractivity contribution in [2.45, 2.75) is 25.9 Å². The van der Waals surface area contributed by atoms with Crippen LogP contribution in [0.15, 0.2) is 23.4 Å². The average molecular weight is 335 g/mol. The van der Waals surface area contributed by atoms with Gasteiger partial charge in [-0.15, -0.1) is 5.10 Å². The highest BCUT2D eigenvalue weighted by Gasteiger charge is 2.16. The summed E-state index contributed by atoms with van der Waals surface area (Å²) in [7, 11) is 0. The fourth-order valence-corrected chi connectivity index (χ4v) is 2.19. The maximum atomic E-state index is 11.3. The van der Waals surface area contributed by atoms with Crippen LogP contribution in [0.25, 0.3) is 11.4 Å². The van der Waals surface area contributed by atoms with Crippen molar-refractivity contribution in [3.63, 3.8) is 0 Å². The molecule has 0 amide bonds. The zero-order valence-electron chi connectivity index (χ0n) is 12.6.